The second-order valence-corrected chi connectivity index (χ2v) is 16.6. The summed E-state index contributed by atoms with van der Waals surface area (Å²) < 4.78 is 0. The van der Waals surface area contributed by atoms with Crippen LogP contribution in [0, 0.1) is 71.0 Å². The first-order chi connectivity index (χ1) is 17.3. The van der Waals surface area contributed by atoms with E-state index in [-0.39, 0.29) is 0 Å². The topological polar surface area (TPSA) is 0 Å². The lowest BCUT2D eigenvalue weighted by Gasteiger charge is -2.58. The quantitative estimate of drug-likeness (QED) is 0.304. The van der Waals surface area contributed by atoms with Crippen molar-refractivity contribution in [1.82, 2.24) is 0 Å². The molecule has 0 saturated heterocycles. The van der Waals surface area contributed by atoms with Crippen LogP contribution in [0.25, 0.3) is 0 Å². The van der Waals surface area contributed by atoms with Crippen LogP contribution < -0.4 is 0 Å². The minimum absolute atomic E-state index is 0.822. The van der Waals surface area contributed by atoms with Gasteiger partial charge in [0.05, 0.1) is 0 Å². The van der Waals surface area contributed by atoms with Crippen LogP contribution in [0.3, 0.4) is 0 Å². The van der Waals surface area contributed by atoms with E-state index in [1.165, 1.54) is 12.8 Å². The predicted molar refractivity (Wildman–Crippen MR) is 152 cm³/mol. The van der Waals surface area contributed by atoms with E-state index in [0.717, 1.165) is 75.8 Å². The average Bonchev–Trinajstić information content (AvgIpc) is 2.90. The third-order valence-corrected chi connectivity index (χ3v) is 14.6. The Labute approximate surface area is 226 Å². The maximum Gasteiger partial charge on any atom is 0.0151 e. The molecule has 0 radical (unpaired) electrons. The summed E-state index contributed by atoms with van der Waals surface area (Å²) in [5.74, 6) is 13.2. The minimum Gasteiger partial charge on any atom is -0.0890 e. The summed E-state index contributed by atoms with van der Waals surface area (Å²) in [6.07, 6.45) is 33.2. The lowest BCUT2D eigenvalue weighted by Crippen LogP contribution is -2.50. The molecule has 7 fully saturated rings. The van der Waals surface area contributed by atoms with Crippen molar-refractivity contribution in [3.8, 4) is 0 Å². The van der Waals surface area contributed by atoms with Gasteiger partial charge in [0.15, 0.2) is 0 Å². The molecular formula is C34H55Br. The Morgan fingerprint density at radius 3 is 0.943 bits per heavy atom. The molecule has 35 heavy (non-hydrogen) atoms. The van der Waals surface area contributed by atoms with E-state index < -0.39 is 0 Å². The molecule has 1 heteroatoms. The maximum absolute atomic E-state index is 4.35. The molecule has 198 valence electrons. The van der Waals surface area contributed by atoms with Crippen molar-refractivity contribution in [3.63, 3.8) is 0 Å². The molecule has 7 aliphatic rings. The highest BCUT2D eigenvalue weighted by Gasteiger charge is 2.53. The molecule has 0 amide bonds. The lowest BCUT2D eigenvalue weighted by molar-refractivity contribution is -0.0801. The number of rotatable bonds is 2. The highest BCUT2D eigenvalue weighted by Crippen LogP contribution is 2.61. The predicted octanol–water partition coefficient (Wildman–Crippen LogP) is 10.4. The van der Waals surface area contributed by atoms with E-state index >= 15 is 0 Å². The lowest BCUT2D eigenvalue weighted by atomic mass is 9.48. The van der Waals surface area contributed by atoms with Crippen LogP contribution in [-0.2, 0) is 0 Å². The van der Waals surface area contributed by atoms with Gasteiger partial charge in [0.2, 0.25) is 0 Å². The van der Waals surface area contributed by atoms with Gasteiger partial charge in [0.1, 0.15) is 0 Å². The van der Waals surface area contributed by atoms with Crippen LogP contribution in [0.5, 0.6) is 0 Å². The van der Waals surface area contributed by atoms with Gasteiger partial charge in [-0.15, -0.1) is 0 Å². The van der Waals surface area contributed by atoms with Gasteiger partial charge >= 0.3 is 0 Å². The van der Waals surface area contributed by atoms with Crippen molar-refractivity contribution in [3.05, 3.63) is 0 Å². The monoisotopic (exact) mass is 542 g/mol. The molecule has 0 bridgehead atoms. The summed E-state index contributed by atoms with van der Waals surface area (Å²) in [7, 11) is 0. The van der Waals surface area contributed by atoms with Crippen LogP contribution in [0.1, 0.15) is 135 Å². The van der Waals surface area contributed by atoms with E-state index in [1.807, 2.05) is 0 Å². The van der Waals surface area contributed by atoms with E-state index in [4.69, 9.17) is 0 Å². The second-order valence-electron chi connectivity index (χ2n) is 15.3. The van der Waals surface area contributed by atoms with Gasteiger partial charge in [-0.05, 0) is 129 Å². The molecule has 0 N–H and O–H groups in total. The van der Waals surface area contributed by atoms with Crippen molar-refractivity contribution in [2.75, 3.05) is 0 Å². The van der Waals surface area contributed by atoms with Gasteiger partial charge in [0.25, 0.3) is 0 Å². The SMILES string of the molecule is BrC1CC(C2C3CCCCC3CC3CCCCC32)CC(C2C3CCCCC3CC3CCCCC32)C1. The molecular weight excluding hydrogens is 488 g/mol. The third kappa shape index (κ3) is 4.65. The first-order valence-corrected chi connectivity index (χ1v) is 17.8. The molecule has 10 unspecified atom stereocenters. The van der Waals surface area contributed by atoms with Crippen LogP contribution in [0.2, 0.25) is 0 Å². The zero-order chi connectivity index (χ0) is 23.4. The largest absolute Gasteiger partial charge is 0.0890 e. The van der Waals surface area contributed by atoms with Gasteiger partial charge < -0.3 is 0 Å². The first-order valence-electron chi connectivity index (χ1n) is 16.9. The van der Waals surface area contributed by atoms with Crippen LogP contribution in [0.4, 0.5) is 0 Å². The molecule has 7 aliphatic carbocycles. The zero-order valence-electron chi connectivity index (χ0n) is 22.7. The molecule has 0 nitrogen and oxygen atoms in total. The summed E-state index contributed by atoms with van der Waals surface area (Å²) in [4.78, 5) is 0.822. The number of fused-ring (bicyclic) bond motifs is 4. The van der Waals surface area contributed by atoms with Crippen LogP contribution >= 0.6 is 15.9 Å². The van der Waals surface area contributed by atoms with Crippen molar-refractivity contribution in [2.45, 2.75) is 140 Å². The molecule has 0 spiro atoms. The number of halogens is 1. The van der Waals surface area contributed by atoms with Crippen LogP contribution in [-0.4, -0.2) is 4.83 Å². The van der Waals surface area contributed by atoms with Gasteiger partial charge in [-0.3, -0.25) is 0 Å². The average molecular weight is 544 g/mol. The second kappa shape index (κ2) is 10.6. The Bertz CT molecular complexity index is 613. The number of alkyl halides is 1. The Morgan fingerprint density at radius 2 is 0.600 bits per heavy atom. The maximum atomic E-state index is 4.35. The smallest absolute Gasteiger partial charge is 0.0151 e. The van der Waals surface area contributed by atoms with Gasteiger partial charge in [-0.25, -0.2) is 0 Å². The van der Waals surface area contributed by atoms with Crippen molar-refractivity contribution < 1.29 is 0 Å². The van der Waals surface area contributed by atoms with Crippen molar-refractivity contribution in [2.24, 2.45) is 71.0 Å². The van der Waals surface area contributed by atoms with E-state index in [2.05, 4.69) is 15.9 Å². The third-order valence-electron chi connectivity index (χ3n) is 13.9. The molecule has 0 aromatic carbocycles. The number of hydrogen-bond donors (Lipinski definition) is 0. The summed E-state index contributed by atoms with van der Waals surface area (Å²) in [6.45, 7) is 0. The molecule has 10 atom stereocenters. The Hall–Kier alpha value is 0.480. The number of hydrogen-bond acceptors (Lipinski definition) is 0. The highest BCUT2D eigenvalue weighted by atomic mass is 79.9. The van der Waals surface area contributed by atoms with Crippen molar-refractivity contribution in [1.29, 1.82) is 0 Å². The molecule has 0 heterocycles. The Balaban J connectivity index is 1.17. The normalized spacial score (nSPS) is 54.6. The highest BCUT2D eigenvalue weighted by molar-refractivity contribution is 9.09. The summed E-state index contributed by atoms with van der Waals surface area (Å²) in [6, 6.07) is 0. The van der Waals surface area contributed by atoms with Gasteiger partial charge in [-0.1, -0.05) is 93.0 Å². The summed E-state index contributed by atoms with van der Waals surface area (Å²) in [5, 5.41) is 0. The van der Waals surface area contributed by atoms with Crippen LogP contribution in [0.15, 0.2) is 0 Å². The zero-order valence-corrected chi connectivity index (χ0v) is 24.3. The molecule has 7 saturated carbocycles. The van der Waals surface area contributed by atoms with E-state index in [9.17, 15) is 0 Å². The fourth-order valence-corrected chi connectivity index (χ4v) is 13.9. The van der Waals surface area contributed by atoms with Gasteiger partial charge in [-0.2, -0.15) is 0 Å². The minimum atomic E-state index is 0.822. The Morgan fingerprint density at radius 1 is 0.314 bits per heavy atom. The van der Waals surface area contributed by atoms with Crippen molar-refractivity contribution >= 4 is 15.9 Å². The molecule has 0 aliphatic heterocycles. The molecule has 0 aromatic heterocycles. The summed E-state index contributed by atoms with van der Waals surface area (Å²) >= 11 is 4.35. The van der Waals surface area contributed by atoms with E-state index in [0.29, 0.717) is 0 Å². The first kappa shape index (κ1) is 24.5. The molecule has 0 aromatic rings. The fraction of sp³-hybridized carbons (Fsp3) is 1.00. The van der Waals surface area contributed by atoms with Gasteiger partial charge in [0, 0.05) is 4.83 Å². The summed E-state index contributed by atoms with van der Waals surface area (Å²) in [5.41, 5.74) is 0. The van der Waals surface area contributed by atoms with E-state index in [1.54, 1.807) is 122 Å². The molecule has 7 rings (SSSR count). The fourth-order valence-electron chi connectivity index (χ4n) is 12.9. The Kier molecular flexibility index (Phi) is 7.40. The standard InChI is InChI=1S/C34H55Br/c35-28-20-26(33-29-13-5-1-9-22(29)17-23-10-2-6-14-30(23)33)19-27(21-28)34-31-15-7-3-11-24(31)18-25-12-4-8-16-32(25)34/h22-34H,1-21H2.